The molecule has 3 N–H and O–H groups in total. The van der Waals surface area contributed by atoms with Crippen LogP contribution in [-0.4, -0.2) is 17.1 Å². The number of hydrogen-bond acceptors (Lipinski definition) is 3. The fraction of sp³-hybridized carbons (Fsp3) is 0.643. The van der Waals surface area contributed by atoms with Gasteiger partial charge in [0, 0.05) is 18.3 Å². The number of rotatable bonds is 4. The fourth-order valence-electron chi connectivity index (χ4n) is 1.50. The lowest BCUT2D eigenvalue weighted by molar-refractivity contribution is 0.504. The highest BCUT2D eigenvalue weighted by molar-refractivity contribution is 5.39. The molecule has 0 aliphatic carbocycles. The third kappa shape index (κ3) is 3.70. The fourth-order valence-corrected chi connectivity index (χ4v) is 1.50. The van der Waals surface area contributed by atoms with Gasteiger partial charge in [0.25, 0.3) is 0 Å². The minimum absolute atomic E-state index is 0.0732. The van der Waals surface area contributed by atoms with Crippen LogP contribution in [0, 0.1) is 0 Å². The molecular weight excluding hydrogens is 210 g/mol. The molecule has 3 heteroatoms. The number of nitrogens with two attached hydrogens (primary N) is 1. The van der Waals surface area contributed by atoms with E-state index in [1.807, 2.05) is 12.3 Å². The summed E-state index contributed by atoms with van der Waals surface area (Å²) in [6.45, 7) is 11.4. The molecule has 0 amide bonds. The molecule has 96 valence electrons. The number of nitrogens with one attached hydrogen (secondary N) is 1. The number of anilines is 1. The molecule has 0 saturated heterocycles. The molecular formula is C14H25N3. The smallest absolute Gasteiger partial charge is 0.126 e. The summed E-state index contributed by atoms with van der Waals surface area (Å²) in [5, 5.41) is 3.40. The van der Waals surface area contributed by atoms with Crippen LogP contribution in [0.2, 0.25) is 0 Å². The van der Waals surface area contributed by atoms with Crippen LogP contribution in [-0.2, 0) is 5.41 Å². The topological polar surface area (TPSA) is 50.9 Å². The number of pyridine rings is 1. The van der Waals surface area contributed by atoms with Gasteiger partial charge in [0.1, 0.15) is 5.82 Å². The van der Waals surface area contributed by atoms with Crippen LogP contribution in [0.3, 0.4) is 0 Å². The van der Waals surface area contributed by atoms with Crippen LogP contribution in [0.5, 0.6) is 0 Å². The Morgan fingerprint density at radius 2 is 1.88 bits per heavy atom. The summed E-state index contributed by atoms with van der Waals surface area (Å²) in [5.74, 6) is 0.896. The van der Waals surface area contributed by atoms with Gasteiger partial charge in [-0.05, 0) is 30.4 Å². The zero-order chi connectivity index (χ0) is 13.1. The van der Waals surface area contributed by atoms with Gasteiger partial charge in [0.2, 0.25) is 0 Å². The van der Waals surface area contributed by atoms with E-state index in [0.717, 1.165) is 12.2 Å². The van der Waals surface area contributed by atoms with E-state index in [1.54, 1.807) is 0 Å². The van der Waals surface area contributed by atoms with E-state index in [9.17, 15) is 0 Å². The van der Waals surface area contributed by atoms with Crippen LogP contribution in [0.4, 0.5) is 5.82 Å². The van der Waals surface area contributed by atoms with Gasteiger partial charge in [0.15, 0.2) is 0 Å². The second kappa shape index (κ2) is 5.05. The molecule has 0 aliphatic heterocycles. The molecule has 0 bridgehead atoms. The number of hydrogen-bond donors (Lipinski definition) is 2. The predicted octanol–water partition coefficient (Wildman–Crippen LogP) is 2.92. The predicted molar refractivity (Wildman–Crippen MR) is 74.3 cm³/mol. The second-order valence-corrected chi connectivity index (χ2v) is 5.93. The second-order valence-electron chi connectivity index (χ2n) is 5.93. The van der Waals surface area contributed by atoms with E-state index in [2.05, 4.69) is 51.0 Å². The Kier molecular flexibility index (Phi) is 4.15. The monoisotopic (exact) mass is 235 g/mol. The van der Waals surface area contributed by atoms with E-state index in [1.165, 1.54) is 5.56 Å². The van der Waals surface area contributed by atoms with E-state index in [4.69, 9.17) is 5.73 Å². The summed E-state index contributed by atoms with van der Waals surface area (Å²) in [6, 6.07) is 4.16. The molecule has 1 heterocycles. The highest BCUT2D eigenvalue weighted by Gasteiger charge is 2.20. The average molecular weight is 235 g/mol. The Morgan fingerprint density at radius 1 is 1.24 bits per heavy atom. The van der Waals surface area contributed by atoms with Crippen LogP contribution in [0.15, 0.2) is 18.3 Å². The minimum Gasteiger partial charge on any atom is -0.364 e. The van der Waals surface area contributed by atoms with Crippen molar-refractivity contribution in [1.82, 2.24) is 4.98 Å². The maximum absolute atomic E-state index is 5.77. The standard InChI is InChI=1S/C14H25N3/c1-6-14(5,10-15)17-12-8-7-11(9-16-12)13(2,3)4/h7-9H,6,10,15H2,1-5H3,(H,16,17). The first-order valence-corrected chi connectivity index (χ1v) is 6.25. The third-order valence-electron chi connectivity index (χ3n) is 3.29. The van der Waals surface area contributed by atoms with Gasteiger partial charge in [-0.25, -0.2) is 4.98 Å². The summed E-state index contributed by atoms with van der Waals surface area (Å²) in [5.41, 5.74) is 7.09. The molecule has 0 aromatic carbocycles. The van der Waals surface area contributed by atoms with Crippen LogP contribution in [0.25, 0.3) is 0 Å². The SMILES string of the molecule is CCC(C)(CN)Nc1ccc(C(C)(C)C)cn1. The first-order chi connectivity index (χ1) is 7.80. The Morgan fingerprint density at radius 3 is 2.24 bits per heavy atom. The summed E-state index contributed by atoms with van der Waals surface area (Å²) in [6.07, 6.45) is 2.92. The van der Waals surface area contributed by atoms with Crippen LogP contribution >= 0.6 is 0 Å². The van der Waals surface area contributed by atoms with E-state index >= 15 is 0 Å². The molecule has 0 aliphatic rings. The first kappa shape index (κ1) is 14.0. The van der Waals surface area contributed by atoms with Gasteiger partial charge < -0.3 is 11.1 Å². The quantitative estimate of drug-likeness (QED) is 0.843. The largest absolute Gasteiger partial charge is 0.364 e. The van der Waals surface area contributed by atoms with Crippen LogP contribution in [0.1, 0.15) is 46.6 Å². The third-order valence-corrected chi connectivity index (χ3v) is 3.29. The lowest BCUT2D eigenvalue weighted by atomic mass is 9.88. The van der Waals surface area contributed by atoms with Crippen molar-refractivity contribution in [2.75, 3.05) is 11.9 Å². The first-order valence-electron chi connectivity index (χ1n) is 6.25. The minimum atomic E-state index is -0.0732. The Labute approximate surface area is 105 Å². The average Bonchev–Trinajstić information content (AvgIpc) is 2.28. The summed E-state index contributed by atoms with van der Waals surface area (Å²) in [7, 11) is 0. The van der Waals surface area contributed by atoms with Crippen molar-refractivity contribution in [2.24, 2.45) is 5.73 Å². The van der Waals surface area contributed by atoms with E-state index in [0.29, 0.717) is 6.54 Å². The van der Waals surface area contributed by atoms with Crippen LogP contribution < -0.4 is 11.1 Å². The molecule has 1 aromatic heterocycles. The highest BCUT2D eigenvalue weighted by Crippen LogP contribution is 2.23. The number of aromatic nitrogens is 1. The highest BCUT2D eigenvalue weighted by atomic mass is 15.1. The normalized spacial score (nSPS) is 15.4. The Balaban J connectivity index is 2.82. The molecule has 1 unspecified atom stereocenters. The zero-order valence-electron chi connectivity index (χ0n) is 11.7. The van der Waals surface area contributed by atoms with E-state index < -0.39 is 0 Å². The lowest BCUT2D eigenvalue weighted by Crippen LogP contribution is -2.42. The molecule has 17 heavy (non-hydrogen) atoms. The summed E-state index contributed by atoms with van der Waals surface area (Å²) < 4.78 is 0. The van der Waals surface area contributed by atoms with Gasteiger partial charge in [-0.15, -0.1) is 0 Å². The maximum atomic E-state index is 5.77. The van der Waals surface area contributed by atoms with Crippen molar-refractivity contribution in [3.8, 4) is 0 Å². The molecule has 1 atom stereocenters. The van der Waals surface area contributed by atoms with Gasteiger partial charge in [-0.1, -0.05) is 33.8 Å². The van der Waals surface area contributed by atoms with Crippen molar-refractivity contribution in [2.45, 2.75) is 52.0 Å². The van der Waals surface area contributed by atoms with E-state index in [-0.39, 0.29) is 11.0 Å². The summed E-state index contributed by atoms with van der Waals surface area (Å²) >= 11 is 0. The molecule has 3 nitrogen and oxygen atoms in total. The van der Waals surface area contributed by atoms with Crippen molar-refractivity contribution >= 4 is 5.82 Å². The maximum Gasteiger partial charge on any atom is 0.126 e. The van der Waals surface area contributed by atoms with Crippen molar-refractivity contribution in [3.63, 3.8) is 0 Å². The van der Waals surface area contributed by atoms with Gasteiger partial charge in [0.05, 0.1) is 0 Å². The zero-order valence-corrected chi connectivity index (χ0v) is 11.7. The van der Waals surface area contributed by atoms with Gasteiger partial charge in [-0.3, -0.25) is 0 Å². The van der Waals surface area contributed by atoms with Gasteiger partial charge in [-0.2, -0.15) is 0 Å². The lowest BCUT2D eigenvalue weighted by Gasteiger charge is -2.29. The molecule has 0 spiro atoms. The Hall–Kier alpha value is -1.09. The van der Waals surface area contributed by atoms with Crippen molar-refractivity contribution in [1.29, 1.82) is 0 Å². The Bertz CT molecular complexity index is 345. The summed E-state index contributed by atoms with van der Waals surface area (Å²) in [4.78, 5) is 4.46. The van der Waals surface area contributed by atoms with Crippen molar-refractivity contribution < 1.29 is 0 Å². The van der Waals surface area contributed by atoms with Crippen molar-refractivity contribution in [3.05, 3.63) is 23.9 Å². The molecule has 1 rings (SSSR count). The number of nitrogens with zero attached hydrogens (tertiary/aromatic N) is 1. The molecule has 0 radical (unpaired) electrons. The molecule has 0 fully saturated rings. The molecule has 0 saturated carbocycles. The van der Waals surface area contributed by atoms with Gasteiger partial charge >= 0.3 is 0 Å². The molecule has 1 aromatic rings.